The highest BCUT2D eigenvalue weighted by Crippen LogP contribution is 2.23. The van der Waals surface area contributed by atoms with Crippen LogP contribution in [0.25, 0.3) is 11.5 Å². The topological polar surface area (TPSA) is 68.0 Å². The van der Waals surface area contributed by atoms with E-state index >= 15 is 0 Å². The Morgan fingerprint density at radius 3 is 2.54 bits per heavy atom. The Balaban J connectivity index is 1.53. The van der Waals surface area contributed by atoms with Gasteiger partial charge in [0.1, 0.15) is 0 Å². The summed E-state index contributed by atoms with van der Waals surface area (Å²) < 4.78 is 5.61. The Bertz CT molecular complexity index is 879. The van der Waals surface area contributed by atoms with Crippen molar-refractivity contribution in [1.29, 1.82) is 0 Å². The molecule has 26 heavy (non-hydrogen) atoms. The van der Waals surface area contributed by atoms with E-state index in [0.717, 1.165) is 16.7 Å². The van der Waals surface area contributed by atoms with Crippen molar-refractivity contribution in [3.8, 4) is 11.5 Å². The molecule has 1 aromatic heterocycles. The van der Waals surface area contributed by atoms with Gasteiger partial charge >= 0.3 is 0 Å². The zero-order valence-corrected chi connectivity index (χ0v) is 16.0. The summed E-state index contributed by atoms with van der Waals surface area (Å²) in [5.74, 6) is 0.544. The fourth-order valence-electron chi connectivity index (χ4n) is 2.33. The number of hydrogen-bond acceptors (Lipinski definition) is 5. The number of nitrogens with zero attached hydrogens (tertiary/aromatic N) is 2. The summed E-state index contributed by atoms with van der Waals surface area (Å²) in [4.78, 5) is 12.1. The average molecular weight is 388 g/mol. The molecule has 0 radical (unpaired) electrons. The number of carbonyl (C=O) groups excluding carboxylic acids is 1. The molecule has 0 unspecified atom stereocenters. The van der Waals surface area contributed by atoms with Crippen LogP contribution in [-0.2, 0) is 4.79 Å². The van der Waals surface area contributed by atoms with Crippen molar-refractivity contribution < 1.29 is 9.21 Å². The van der Waals surface area contributed by atoms with Crippen LogP contribution < -0.4 is 5.32 Å². The second kappa shape index (κ2) is 8.38. The highest BCUT2D eigenvalue weighted by Gasteiger charge is 2.13. The van der Waals surface area contributed by atoms with Crippen molar-refractivity contribution in [2.75, 3.05) is 5.75 Å². The fourth-order valence-corrected chi connectivity index (χ4v) is 3.03. The lowest BCUT2D eigenvalue weighted by Gasteiger charge is -2.13. The van der Waals surface area contributed by atoms with E-state index in [1.54, 1.807) is 12.1 Å². The maximum Gasteiger partial charge on any atom is 0.277 e. The van der Waals surface area contributed by atoms with E-state index < -0.39 is 0 Å². The van der Waals surface area contributed by atoms with Crippen LogP contribution in [0.1, 0.15) is 24.1 Å². The number of amides is 1. The van der Waals surface area contributed by atoms with E-state index in [0.29, 0.717) is 16.1 Å². The van der Waals surface area contributed by atoms with Crippen LogP contribution in [0.5, 0.6) is 0 Å². The lowest BCUT2D eigenvalue weighted by molar-refractivity contribution is -0.119. The molecule has 134 valence electrons. The number of aryl methyl sites for hydroxylation is 1. The van der Waals surface area contributed by atoms with E-state index in [1.807, 2.05) is 50.2 Å². The van der Waals surface area contributed by atoms with Crippen LogP contribution in [0.4, 0.5) is 0 Å². The van der Waals surface area contributed by atoms with Gasteiger partial charge in [-0.1, -0.05) is 53.2 Å². The number of hydrogen-bond donors (Lipinski definition) is 1. The van der Waals surface area contributed by atoms with Crippen molar-refractivity contribution in [3.05, 3.63) is 64.7 Å². The van der Waals surface area contributed by atoms with Gasteiger partial charge in [0.15, 0.2) is 0 Å². The first-order chi connectivity index (χ1) is 12.5. The largest absolute Gasteiger partial charge is 0.411 e. The van der Waals surface area contributed by atoms with Crippen molar-refractivity contribution in [3.63, 3.8) is 0 Å². The van der Waals surface area contributed by atoms with Gasteiger partial charge in [-0.15, -0.1) is 10.2 Å². The minimum atomic E-state index is -0.105. The normalized spacial score (nSPS) is 12.0. The maximum absolute atomic E-state index is 12.1. The predicted octanol–water partition coefficient (Wildman–Crippen LogP) is 4.67. The molecule has 1 amide bonds. The summed E-state index contributed by atoms with van der Waals surface area (Å²) in [7, 11) is 0. The molecule has 0 aliphatic carbocycles. The van der Waals surface area contributed by atoms with E-state index in [2.05, 4.69) is 15.5 Å². The summed E-state index contributed by atoms with van der Waals surface area (Å²) in [6, 6.07) is 15.1. The second-order valence-corrected chi connectivity index (χ2v) is 7.23. The highest BCUT2D eigenvalue weighted by molar-refractivity contribution is 7.99. The van der Waals surface area contributed by atoms with Gasteiger partial charge < -0.3 is 9.73 Å². The SMILES string of the molecule is Cc1ccc(-c2nnc(SCC(=O)N[C@@H](C)c3ccc(Cl)cc3)o2)cc1. The molecule has 1 heterocycles. The lowest BCUT2D eigenvalue weighted by atomic mass is 10.1. The number of benzene rings is 2. The minimum Gasteiger partial charge on any atom is -0.411 e. The number of halogens is 1. The molecule has 0 saturated carbocycles. The first kappa shape index (κ1) is 18.5. The number of nitrogens with one attached hydrogen (secondary N) is 1. The van der Waals surface area contributed by atoms with Crippen molar-refractivity contribution in [1.82, 2.24) is 15.5 Å². The first-order valence-corrected chi connectivity index (χ1v) is 9.46. The molecule has 0 saturated heterocycles. The molecule has 7 heteroatoms. The molecular formula is C19H18ClN3O2S. The zero-order valence-electron chi connectivity index (χ0n) is 14.4. The van der Waals surface area contributed by atoms with Crippen LogP contribution >= 0.6 is 23.4 Å². The van der Waals surface area contributed by atoms with Crippen molar-refractivity contribution in [2.45, 2.75) is 25.1 Å². The zero-order chi connectivity index (χ0) is 18.5. The molecule has 5 nitrogen and oxygen atoms in total. The van der Waals surface area contributed by atoms with Crippen LogP contribution in [0.3, 0.4) is 0 Å². The molecule has 2 aromatic carbocycles. The third-order valence-electron chi connectivity index (χ3n) is 3.78. The Hall–Kier alpha value is -2.31. The summed E-state index contributed by atoms with van der Waals surface area (Å²) in [6.45, 7) is 3.94. The van der Waals surface area contributed by atoms with Crippen molar-refractivity contribution in [2.24, 2.45) is 0 Å². The van der Waals surface area contributed by atoms with Crippen LogP contribution in [0, 0.1) is 6.92 Å². The quantitative estimate of drug-likeness (QED) is 0.622. The Kier molecular flexibility index (Phi) is 5.96. The van der Waals surface area contributed by atoms with E-state index in [-0.39, 0.29) is 17.7 Å². The number of aromatic nitrogens is 2. The van der Waals surface area contributed by atoms with Gasteiger partial charge in [0.25, 0.3) is 5.22 Å². The van der Waals surface area contributed by atoms with E-state index in [9.17, 15) is 4.79 Å². The summed E-state index contributed by atoms with van der Waals surface area (Å²) in [6.07, 6.45) is 0. The number of thioether (sulfide) groups is 1. The monoisotopic (exact) mass is 387 g/mol. The molecule has 1 atom stereocenters. The molecule has 1 N–H and O–H groups in total. The Labute approximate surface area is 161 Å². The average Bonchev–Trinajstić information content (AvgIpc) is 3.10. The van der Waals surface area contributed by atoms with Gasteiger partial charge in [0, 0.05) is 10.6 Å². The molecule has 3 aromatic rings. The summed E-state index contributed by atoms with van der Waals surface area (Å²) in [5, 5.41) is 12.0. The Morgan fingerprint density at radius 1 is 1.15 bits per heavy atom. The van der Waals surface area contributed by atoms with Gasteiger partial charge in [-0.05, 0) is 43.7 Å². The van der Waals surface area contributed by atoms with Crippen molar-refractivity contribution >= 4 is 29.3 Å². The molecular weight excluding hydrogens is 370 g/mol. The van der Waals surface area contributed by atoms with Gasteiger partial charge in [-0.3, -0.25) is 4.79 Å². The van der Waals surface area contributed by atoms with Crippen LogP contribution in [0.2, 0.25) is 5.02 Å². The fraction of sp³-hybridized carbons (Fsp3) is 0.211. The third kappa shape index (κ3) is 4.86. The van der Waals surface area contributed by atoms with Gasteiger partial charge in [-0.2, -0.15) is 0 Å². The van der Waals surface area contributed by atoms with E-state index in [1.165, 1.54) is 11.8 Å². The van der Waals surface area contributed by atoms with Gasteiger partial charge in [-0.25, -0.2) is 0 Å². The summed E-state index contributed by atoms with van der Waals surface area (Å²) in [5.41, 5.74) is 3.01. The van der Waals surface area contributed by atoms with Gasteiger partial charge in [0.05, 0.1) is 11.8 Å². The molecule has 0 aliphatic heterocycles. The standard InChI is InChI=1S/C19H18ClN3O2S/c1-12-3-5-15(6-4-12)18-22-23-19(25-18)26-11-17(24)21-13(2)14-7-9-16(20)10-8-14/h3-10,13H,11H2,1-2H3,(H,21,24)/t13-/m0/s1. The molecule has 0 bridgehead atoms. The van der Waals surface area contributed by atoms with Gasteiger partial charge in [0.2, 0.25) is 11.8 Å². The third-order valence-corrected chi connectivity index (χ3v) is 4.85. The highest BCUT2D eigenvalue weighted by atomic mass is 35.5. The Morgan fingerprint density at radius 2 is 1.85 bits per heavy atom. The lowest BCUT2D eigenvalue weighted by Crippen LogP contribution is -2.28. The maximum atomic E-state index is 12.1. The number of rotatable bonds is 6. The van der Waals surface area contributed by atoms with Crippen LogP contribution in [-0.4, -0.2) is 21.9 Å². The minimum absolute atomic E-state index is 0.104. The van der Waals surface area contributed by atoms with E-state index in [4.69, 9.17) is 16.0 Å². The molecule has 0 aliphatic rings. The molecule has 3 rings (SSSR count). The second-order valence-electron chi connectivity index (χ2n) is 5.87. The van der Waals surface area contributed by atoms with Crippen LogP contribution in [0.15, 0.2) is 58.2 Å². The first-order valence-electron chi connectivity index (χ1n) is 8.09. The molecule has 0 spiro atoms. The smallest absolute Gasteiger partial charge is 0.277 e. The predicted molar refractivity (Wildman–Crippen MR) is 103 cm³/mol. The summed E-state index contributed by atoms with van der Waals surface area (Å²) >= 11 is 7.09. The number of carbonyl (C=O) groups is 1. The molecule has 0 fully saturated rings.